The molecule has 0 atom stereocenters. The highest BCUT2D eigenvalue weighted by atomic mass is 19.1. The Bertz CT molecular complexity index is 956. The first-order valence-electron chi connectivity index (χ1n) is 9.57. The van der Waals surface area contributed by atoms with E-state index in [2.05, 4.69) is 19.1 Å². The van der Waals surface area contributed by atoms with Crippen molar-refractivity contribution in [3.63, 3.8) is 0 Å². The van der Waals surface area contributed by atoms with E-state index >= 15 is 0 Å². The van der Waals surface area contributed by atoms with Gasteiger partial charge in [0.05, 0.1) is 0 Å². The summed E-state index contributed by atoms with van der Waals surface area (Å²) in [6.07, 6.45) is 8.52. The third-order valence-electron chi connectivity index (χ3n) is 4.69. The molecule has 0 spiro atoms. The Morgan fingerprint density at radius 2 is 1.32 bits per heavy atom. The molecule has 144 valence electrons. The van der Waals surface area contributed by atoms with Gasteiger partial charge in [0, 0.05) is 5.56 Å². The van der Waals surface area contributed by atoms with Gasteiger partial charge in [-0.05, 0) is 71.8 Å². The molecule has 3 rings (SSSR count). The SMILES string of the molecule is CCCC=CCCc1ccc(-c2cc(F)ccc2-c2cc(F)ccc2F)cc1. The summed E-state index contributed by atoms with van der Waals surface area (Å²) < 4.78 is 41.8. The first-order valence-corrected chi connectivity index (χ1v) is 9.57. The summed E-state index contributed by atoms with van der Waals surface area (Å²) in [7, 11) is 0. The van der Waals surface area contributed by atoms with Crippen LogP contribution in [0.15, 0.2) is 72.8 Å². The van der Waals surface area contributed by atoms with E-state index < -0.39 is 17.5 Å². The third kappa shape index (κ3) is 4.92. The second-order valence-electron chi connectivity index (χ2n) is 6.81. The zero-order valence-electron chi connectivity index (χ0n) is 15.9. The van der Waals surface area contributed by atoms with Crippen LogP contribution < -0.4 is 0 Å². The summed E-state index contributed by atoms with van der Waals surface area (Å²) in [5.74, 6) is -1.48. The molecule has 0 aliphatic carbocycles. The third-order valence-corrected chi connectivity index (χ3v) is 4.69. The van der Waals surface area contributed by atoms with Crippen molar-refractivity contribution in [3.05, 3.63) is 95.8 Å². The van der Waals surface area contributed by atoms with Gasteiger partial charge in [-0.1, -0.05) is 55.8 Å². The van der Waals surface area contributed by atoms with E-state index in [0.29, 0.717) is 11.1 Å². The summed E-state index contributed by atoms with van der Waals surface area (Å²) in [6.45, 7) is 2.15. The van der Waals surface area contributed by atoms with Gasteiger partial charge < -0.3 is 0 Å². The lowest BCUT2D eigenvalue weighted by molar-refractivity contribution is 0.603. The monoisotopic (exact) mass is 380 g/mol. The maximum atomic E-state index is 14.3. The number of allylic oxidation sites excluding steroid dienone is 2. The molecule has 0 aromatic heterocycles. The molecule has 0 aliphatic rings. The summed E-state index contributed by atoms with van der Waals surface area (Å²) in [6, 6.07) is 15.2. The van der Waals surface area contributed by atoms with Gasteiger partial charge >= 0.3 is 0 Å². The molecule has 0 amide bonds. The molecule has 0 saturated carbocycles. The van der Waals surface area contributed by atoms with Crippen molar-refractivity contribution in [1.29, 1.82) is 0 Å². The van der Waals surface area contributed by atoms with Crippen molar-refractivity contribution in [2.45, 2.75) is 32.6 Å². The minimum Gasteiger partial charge on any atom is -0.207 e. The van der Waals surface area contributed by atoms with E-state index in [-0.39, 0.29) is 5.56 Å². The van der Waals surface area contributed by atoms with Gasteiger partial charge in [-0.2, -0.15) is 0 Å². The van der Waals surface area contributed by atoms with Gasteiger partial charge in [0.25, 0.3) is 0 Å². The zero-order valence-corrected chi connectivity index (χ0v) is 15.9. The second-order valence-corrected chi connectivity index (χ2v) is 6.81. The van der Waals surface area contributed by atoms with Crippen LogP contribution in [0.25, 0.3) is 22.3 Å². The zero-order chi connectivity index (χ0) is 19.9. The summed E-state index contributed by atoms with van der Waals surface area (Å²) in [5.41, 5.74) is 3.08. The van der Waals surface area contributed by atoms with Crippen molar-refractivity contribution in [2.75, 3.05) is 0 Å². The van der Waals surface area contributed by atoms with E-state index in [1.165, 1.54) is 23.8 Å². The lowest BCUT2D eigenvalue weighted by Crippen LogP contribution is -1.92. The van der Waals surface area contributed by atoms with Gasteiger partial charge in [0.1, 0.15) is 17.5 Å². The molecule has 0 aliphatic heterocycles. The molecular formula is C25H23F3. The summed E-state index contributed by atoms with van der Waals surface area (Å²) >= 11 is 0. The van der Waals surface area contributed by atoms with Crippen LogP contribution in [-0.2, 0) is 6.42 Å². The van der Waals surface area contributed by atoms with Crippen molar-refractivity contribution in [2.24, 2.45) is 0 Å². The normalized spacial score (nSPS) is 11.3. The fourth-order valence-corrected chi connectivity index (χ4v) is 3.20. The molecule has 0 bridgehead atoms. The Morgan fingerprint density at radius 3 is 2.04 bits per heavy atom. The average molecular weight is 380 g/mol. The van der Waals surface area contributed by atoms with Crippen molar-refractivity contribution in [3.8, 4) is 22.3 Å². The van der Waals surface area contributed by atoms with Gasteiger partial charge in [0.2, 0.25) is 0 Å². The molecule has 28 heavy (non-hydrogen) atoms. The van der Waals surface area contributed by atoms with Gasteiger partial charge in [-0.15, -0.1) is 0 Å². The fourth-order valence-electron chi connectivity index (χ4n) is 3.20. The Labute approximate surface area is 164 Å². The smallest absolute Gasteiger partial charge is 0.131 e. The lowest BCUT2D eigenvalue weighted by atomic mass is 9.93. The predicted octanol–water partition coefficient (Wildman–Crippen LogP) is 7.73. The number of rotatable bonds is 7. The van der Waals surface area contributed by atoms with Crippen LogP contribution in [0.5, 0.6) is 0 Å². The quantitative estimate of drug-likeness (QED) is 0.368. The Balaban J connectivity index is 1.89. The average Bonchev–Trinajstić information content (AvgIpc) is 2.70. The minimum absolute atomic E-state index is 0.125. The molecule has 3 aromatic carbocycles. The fraction of sp³-hybridized carbons (Fsp3) is 0.200. The molecule has 0 saturated heterocycles. The minimum atomic E-state index is -0.537. The van der Waals surface area contributed by atoms with E-state index in [9.17, 15) is 13.2 Å². The molecule has 0 fully saturated rings. The van der Waals surface area contributed by atoms with E-state index in [1.807, 2.05) is 24.3 Å². The molecule has 0 radical (unpaired) electrons. The first kappa shape index (κ1) is 19.9. The van der Waals surface area contributed by atoms with Gasteiger partial charge in [-0.25, -0.2) is 13.2 Å². The van der Waals surface area contributed by atoms with Crippen LogP contribution in [0.4, 0.5) is 13.2 Å². The van der Waals surface area contributed by atoms with E-state index in [0.717, 1.165) is 49.4 Å². The van der Waals surface area contributed by atoms with Crippen molar-refractivity contribution < 1.29 is 13.2 Å². The van der Waals surface area contributed by atoms with Crippen LogP contribution in [0.3, 0.4) is 0 Å². The number of unbranched alkanes of at least 4 members (excludes halogenated alkanes) is 1. The van der Waals surface area contributed by atoms with Gasteiger partial charge in [-0.3, -0.25) is 0 Å². The summed E-state index contributed by atoms with van der Waals surface area (Å²) in [5, 5.41) is 0. The first-order chi connectivity index (χ1) is 13.6. The highest BCUT2D eigenvalue weighted by Crippen LogP contribution is 2.34. The van der Waals surface area contributed by atoms with E-state index in [4.69, 9.17) is 0 Å². The lowest BCUT2D eigenvalue weighted by Gasteiger charge is -2.12. The van der Waals surface area contributed by atoms with Crippen LogP contribution in [0.1, 0.15) is 31.7 Å². The number of hydrogen-bond donors (Lipinski definition) is 0. The molecule has 0 N–H and O–H groups in total. The van der Waals surface area contributed by atoms with Gasteiger partial charge in [0.15, 0.2) is 0 Å². The Hall–Kier alpha value is -2.81. The number of hydrogen-bond acceptors (Lipinski definition) is 0. The topological polar surface area (TPSA) is 0 Å². The summed E-state index contributed by atoms with van der Waals surface area (Å²) in [4.78, 5) is 0. The highest BCUT2D eigenvalue weighted by molar-refractivity contribution is 5.83. The molecule has 0 heterocycles. The van der Waals surface area contributed by atoms with Crippen LogP contribution in [-0.4, -0.2) is 0 Å². The Kier molecular flexibility index (Phi) is 6.70. The standard InChI is InChI=1S/C25H23F3/c1-2-3-4-5-6-7-18-8-10-19(11-9-18)23-16-20(26)12-14-22(23)24-17-21(27)13-15-25(24)28/h4-5,8-17H,2-3,6-7H2,1H3. The van der Waals surface area contributed by atoms with Crippen LogP contribution in [0.2, 0.25) is 0 Å². The van der Waals surface area contributed by atoms with Crippen LogP contribution >= 0.6 is 0 Å². The van der Waals surface area contributed by atoms with Crippen molar-refractivity contribution in [1.82, 2.24) is 0 Å². The molecule has 0 nitrogen and oxygen atoms in total. The number of halogens is 3. The molecule has 3 heteroatoms. The Morgan fingerprint density at radius 1 is 0.679 bits per heavy atom. The number of aryl methyl sites for hydroxylation is 1. The second kappa shape index (κ2) is 9.41. The van der Waals surface area contributed by atoms with E-state index in [1.54, 1.807) is 0 Å². The van der Waals surface area contributed by atoms with Crippen molar-refractivity contribution >= 4 is 0 Å². The molecule has 0 unspecified atom stereocenters. The molecule has 3 aromatic rings. The van der Waals surface area contributed by atoms with Crippen LogP contribution in [0, 0.1) is 17.5 Å². The highest BCUT2D eigenvalue weighted by Gasteiger charge is 2.13. The maximum Gasteiger partial charge on any atom is 0.131 e. The molecular weight excluding hydrogens is 357 g/mol. The largest absolute Gasteiger partial charge is 0.207 e. The number of benzene rings is 3. The predicted molar refractivity (Wildman–Crippen MR) is 110 cm³/mol. The maximum absolute atomic E-state index is 14.3.